The maximum absolute atomic E-state index is 2.81. The zero-order valence-corrected chi connectivity index (χ0v) is 23.2. The van der Waals surface area contributed by atoms with E-state index in [-0.39, 0.29) is 0 Å². The fourth-order valence-electron chi connectivity index (χ4n) is 7.07. The Morgan fingerprint density at radius 3 is 1.00 bits per heavy atom. The second-order valence-electron chi connectivity index (χ2n) is 11.1. The van der Waals surface area contributed by atoms with Crippen LogP contribution in [0.25, 0.3) is 0 Å². The molecule has 0 unspecified atom stereocenters. The smallest absolute Gasteiger partial charge is 0.00534 e. The van der Waals surface area contributed by atoms with Crippen molar-refractivity contribution in [2.24, 2.45) is 16.2 Å². The van der Waals surface area contributed by atoms with Crippen molar-refractivity contribution in [1.29, 1.82) is 0 Å². The predicted molar refractivity (Wildman–Crippen MR) is 147 cm³/mol. The lowest BCUT2D eigenvalue weighted by Crippen LogP contribution is -2.53. The molecule has 0 saturated heterocycles. The molecular formula is C32H60. The van der Waals surface area contributed by atoms with Gasteiger partial charge in [0.25, 0.3) is 0 Å². The molecule has 0 fully saturated rings. The third-order valence-electron chi connectivity index (χ3n) is 8.87. The van der Waals surface area contributed by atoms with Gasteiger partial charge in [0.05, 0.1) is 0 Å². The molecule has 1 aliphatic rings. The van der Waals surface area contributed by atoms with Crippen LogP contribution in [0.1, 0.15) is 164 Å². The molecule has 0 nitrogen and oxygen atoms in total. The van der Waals surface area contributed by atoms with Crippen molar-refractivity contribution < 1.29 is 0 Å². The summed E-state index contributed by atoms with van der Waals surface area (Å²) < 4.78 is 0. The summed E-state index contributed by atoms with van der Waals surface area (Å²) in [6.07, 6.45) is 36.6. The Bertz CT molecular complexity index is 446. The Balaban J connectivity index is 3.85. The number of hydrogen-bond donors (Lipinski definition) is 0. The summed E-state index contributed by atoms with van der Waals surface area (Å²) in [4.78, 5) is 0. The van der Waals surface area contributed by atoms with Crippen molar-refractivity contribution in [3.05, 3.63) is 24.3 Å². The highest BCUT2D eigenvalue weighted by molar-refractivity contribution is 5.23. The molecule has 0 spiro atoms. The molecule has 1 rings (SSSR count). The second-order valence-corrected chi connectivity index (χ2v) is 11.1. The van der Waals surface area contributed by atoms with Gasteiger partial charge in [-0.05, 0) is 61.2 Å². The first-order chi connectivity index (χ1) is 15.6. The highest BCUT2D eigenvalue weighted by Crippen LogP contribution is 2.67. The van der Waals surface area contributed by atoms with E-state index in [1.165, 1.54) is 116 Å². The number of hydrogen-bond acceptors (Lipinski definition) is 0. The number of unbranched alkanes of at least 4 members (excludes halogenated alkanes) is 6. The fourth-order valence-corrected chi connectivity index (χ4v) is 7.07. The zero-order chi connectivity index (χ0) is 23.8. The summed E-state index contributed by atoms with van der Waals surface area (Å²) >= 11 is 0. The summed E-state index contributed by atoms with van der Waals surface area (Å²) in [6.45, 7) is 14.5. The zero-order valence-electron chi connectivity index (χ0n) is 23.2. The van der Waals surface area contributed by atoms with Crippen LogP contribution in [0.3, 0.4) is 0 Å². The Kier molecular flexibility index (Phi) is 14.9. The van der Waals surface area contributed by atoms with Gasteiger partial charge >= 0.3 is 0 Å². The van der Waals surface area contributed by atoms with Crippen molar-refractivity contribution in [1.82, 2.24) is 0 Å². The van der Waals surface area contributed by atoms with Gasteiger partial charge in [-0.25, -0.2) is 0 Å². The van der Waals surface area contributed by atoms with E-state index in [0.717, 1.165) is 6.42 Å². The van der Waals surface area contributed by atoms with E-state index in [4.69, 9.17) is 0 Å². The number of allylic oxidation sites excluding steroid dienone is 4. The molecule has 0 bridgehead atoms. The molecule has 188 valence electrons. The van der Waals surface area contributed by atoms with Crippen LogP contribution in [0.2, 0.25) is 0 Å². The highest BCUT2D eigenvalue weighted by atomic mass is 14.6. The molecule has 0 aromatic heterocycles. The molecule has 0 atom stereocenters. The third-order valence-corrected chi connectivity index (χ3v) is 8.87. The molecule has 0 saturated carbocycles. The Hall–Kier alpha value is -0.520. The first-order valence-corrected chi connectivity index (χ1v) is 14.9. The van der Waals surface area contributed by atoms with Gasteiger partial charge < -0.3 is 0 Å². The molecule has 0 aromatic carbocycles. The van der Waals surface area contributed by atoms with Gasteiger partial charge in [-0.15, -0.1) is 0 Å². The average Bonchev–Trinajstić information content (AvgIpc) is 2.81. The topological polar surface area (TPSA) is 0 Å². The average molecular weight is 445 g/mol. The van der Waals surface area contributed by atoms with Crippen molar-refractivity contribution in [3.8, 4) is 0 Å². The van der Waals surface area contributed by atoms with Crippen LogP contribution in [-0.4, -0.2) is 0 Å². The molecule has 0 aliphatic heterocycles. The van der Waals surface area contributed by atoms with E-state index >= 15 is 0 Å². The van der Waals surface area contributed by atoms with E-state index in [1.807, 2.05) is 0 Å². The maximum atomic E-state index is 2.81. The summed E-state index contributed by atoms with van der Waals surface area (Å²) in [7, 11) is 0. The molecular weight excluding hydrogens is 384 g/mol. The summed E-state index contributed by atoms with van der Waals surface area (Å²) in [6, 6.07) is 0. The van der Waals surface area contributed by atoms with E-state index in [1.54, 1.807) is 0 Å². The first-order valence-electron chi connectivity index (χ1n) is 14.9. The summed E-state index contributed by atoms with van der Waals surface area (Å²) in [5.41, 5.74) is 1.15. The molecule has 32 heavy (non-hydrogen) atoms. The van der Waals surface area contributed by atoms with Gasteiger partial charge in [0.15, 0.2) is 0 Å². The van der Waals surface area contributed by atoms with E-state index in [9.17, 15) is 0 Å². The molecule has 1 aliphatic carbocycles. The molecule has 0 radical (unpaired) electrons. The van der Waals surface area contributed by atoms with Crippen LogP contribution in [0.4, 0.5) is 0 Å². The van der Waals surface area contributed by atoms with Crippen molar-refractivity contribution in [3.63, 3.8) is 0 Å². The summed E-state index contributed by atoms with van der Waals surface area (Å²) in [5, 5.41) is 0. The van der Waals surface area contributed by atoms with Crippen LogP contribution in [0, 0.1) is 16.2 Å². The van der Waals surface area contributed by atoms with E-state index in [0.29, 0.717) is 16.2 Å². The Morgan fingerprint density at radius 1 is 0.438 bits per heavy atom. The van der Waals surface area contributed by atoms with Gasteiger partial charge in [0, 0.05) is 0 Å². The molecule has 0 aromatic rings. The SMILES string of the molecule is CCCCC1(CCCC)/C=C\C/C=C\C(CCCC)(CCCC)C1(CCCC)CCCC. The molecule has 0 amide bonds. The molecule has 0 heterocycles. The van der Waals surface area contributed by atoms with E-state index in [2.05, 4.69) is 65.8 Å². The lowest BCUT2D eigenvalue weighted by Gasteiger charge is -2.61. The van der Waals surface area contributed by atoms with Gasteiger partial charge in [0.2, 0.25) is 0 Å². The highest BCUT2D eigenvalue weighted by Gasteiger charge is 2.58. The predicted octanol–water partition coefficient (Wildman–Crippen LogP) is 11.6. The normalized spacial score (nSPS) is 21.1. The molecule has 0 heteroatoms. The van der Waals surface area contributed by atoms with Gasteiger partial charge in [-0.2, -0.15) is 0 Å². The minimum absolute atomic E-state index is 0.371. The van der Waals surface area contributed by atoms with Crippen molar-refractivity contribution >= 4 is 0 Å². The quantitative estimate of drug-likeness (QED) is 0.184. The fraction of sp³-hybridized carbons (Fsp3) is 0.875. The van der Waals surface area contributed by atoms with Crippen LogP contribution in [0.5, 0.6) is 0 Å². The standard InChI is InChI=1S/C32H60/c1-7-13-22-30(23-14-8-2)26-20-19-21-27-31(24-15-9-3,25-16-10-4)32(30,28-17-11-5)29-18-12-6/h20-21,26-27H,7-19,22-25,28-29H2,1-6H3/b26-20-,27-21-. The minimum Gasteiger partial charge on any atom is -0.0842 e. The Morgan fingerprint density at radius 2 is 0.719 bits per heavy atom. The van der Waals surface area contributed by atoms with Crippen LogP contribution < -0.4 is 0 Å². The largest absolute Gasteiger partial charge is 0.0842 e. The van der Waals surface area contributed by atoms with Crippen molar-refractivity contribution in [2.45, 2.75) is 164 Å². The Labute approximate surface area is 204 Å². The van der Waals surface area contributed by atoms with Crippen LogP contribution in [-0.2, 0) is 0 Å². The van der Waals surface area contributed by atoms with Gasteiger partial charge in [-0.1, -0.05) is 143 Å². The van der Waals surface area contributed by atoms with E-state index < -0.39 is 0 Å². The van der Waals surface area contributed by atoms with Crippen LogP contribution >= 0.6 is 0 Å². The van der Waals surface area contributed by atoms with Gasteiger partial charge in [-0.3, -0.25) is 0 Å². The van der Waals surface area contributed by atoms with Crippen molar-refractivity contribution in [2.75, 3.05) is 0 Å². The third kappa shape index (κ3) is 7.24. The number of rotatable bonds is 18. The monoisotopic (exact) mass is 444 g/mol. The second kappa shape index (κ2) is 16.2. The minimum atomic E-state index is 0.371. The van der Waals surface area contributed by atoms with Gasteiger partial charge in [0.1, 0.15) is 0 Å². The van der Waals surface area contributed by atoms with Crippen LogP contribution in [0.15, 0.2) is 24.3 Å². The molecule has 0 N–H and O–H groups in total. The lowest BCUT2D eigenvalue weighted by atomic mass is 9.42. The first kappa shape index (κ1) is 29.5. The lowest BCUT2D eigenvalue weighted by molar-refractivity contribution is -0.0795. The summed E-state index contributed by atoms with van der Waals surface area (Å²) in [5.74, 6) is 0. The maximum Gasteiger partial charge on any atom is -0.00534 e.